The van der Waals surface area contributed by atoms with E-state index in [9.17, 15) is 0 Å². The fourth-order valence-corrected chi connectivity index (χ4v) is 2.47. The van der Waals surface area contributed by atoms with E-state index < -0.39 is 0 Å². The van der Waals surface area contributed by atoms with Gasteiger partial charge in [-0.3, -0.25) is 0 Å². The molecule has 0 aromatic heterocycles. The SMILES string of the molecule is CC(C)(C)c1cc(Br)c(N)c(I)c1. The van der Waals surface area contributed by atoms with E-state index >= 15 is 0 Å². The van der Waals surface area contributed by atoms with Gasteiger partial charge in [0.25, 0.3) is 0 Å². The molecule has 0 atom stereocenters. The van der Waals surface area contributed by atoms with Gasteiger partial charge in [0, 0.05) is 8.04 Å². The summed E-state index contributed by atoms with van der Waals surface area (Å²) in [7, 11) is 0. The van der Waals surface area contributed by atoms with Crippen LogP contribution in [0, 0.1) is 3.57 Å². The second-order valence-electron chi connectivity index (χ2n) is 4.10. The van der Waals surface area contributed by atoms with Crippen molar-refractivity contribution < 1.29 is 0 Å². The molecule has 1 aromatic carbocycles. The van der Waals surface area contributed by atoms with Crippen molar-refractivity contribution in [1.82, 2.24) is 0 Å². The van der Waals surface area contributed by atoms with Gasteiger partial charge in [-0.2, -0.15) is 0 Å². The molecular formula is C10H13BrIN. The van der Waals surface area contributed by atoms with Crippen LogP contribution in [-0.2, 0) is 5.41 Å². The molecule has 0 aliphatic rings. The summed E-state index contributed by atoms with van der Waals surface area (Å²) in [4.78, 5) is 0. The fraction of sp³-hybridized carbons (Fsp3) is 0.400. The first kappa shape index (κ1) is 11.3. The minimum atomic E-state index is 0.177. The molecule has 2 N–H and O–H groups in total. The van der Waals surface area contributed by atoms with E-state index in [1.54, 1.807) is 0 Å². The number of nitrogen functional groups attached to an aromatic ring is 1. The summed E-state index contributed by atoms with van der Waals surface area (Å²) in [5.41, 5.74) is 8.15. The van der Waals surface area contributed by atoms with Gasteiger partial charge in [-0.1, -0.05) is 20.8 Å². The van der Waals surface area contributed by atoms with Gasteiger partial charge in [0.15, 0.2) is 0 Å². The van der Waals surface area contributed by atoms with Gasteiger partial charge < -0.3 is 5.73 Å². The van der Waals surface area contributed by atoms with Crippen LogP contribution in [0.15, 0.2) is 16.6 Å². The van der Waals surface area contributed by atoms with Crippen LogP contribution in [0.25, 0.3) is 0 Å². The molecule has 1 rings (SSSR count). The van der Waals surface area contributed by atoms with Gasteiger partial charge in [0.2, 0.25) is 0 Å². The molecule has 3 heteroatoms. The maximum Gasteiger partial charge on any atom is 0.0594 e. The minimum absolute atomic E-state index is 0.177. The predicted octanol–water partition coefficient (Wildman–Crippen LogP) is 3.93. The fourth-order valence-electron chi connectivity index (χ4n) is 1.02. The Balaban J connectivity index is 3.29. The smallest absolute Gasteiger partial charge is 0.0594 e. The van der Waals surface area contributed by atoms with E-state index in [1.807, 2.05) is 0 Å². The zero-order chi connectivity index (χ0) is 10.2. The lowest BCUT2D eigenvalue weighted by Crippen LogP contribution is -2.11. The zero-order valence-electron chi connectivity index (χ0n) is 7.99. The highest BCUT2D eigenvalue weighted by Gasteiger charge is 2.16. The molecule has 0 aliphatic heterocycles. The van der Waals surface area contributed by atoms with Crippen molar-refractivity contribution in [2.45, 2.75) is 26.2 Å². The summed E-state index contributed by atoms with van der Waals surface area (Å²) in [6.07, 6.45) is 0. The molecule has 0 amide bonds. The van der Waals surface area contributed by atoms with Crippen LogP contribution in [0.4, 0.5) is 5.69 Å². The lowest BCUT2D eigenvalue weighted by Gasteiger charge is -2.20. The van der Waals surface area contributed by atoms with E-state index in [0.29, 0.717) is 0 Å². The molecule has 0 heterocycles. The summed E-state index contributed by atoms with van der Waals surface area (Å²) in [6.45, 7) is 6.59. The second-order valence-corrected chi connectivity index (χ2v) is 6.12. The lowest BCUT2D eigenvalue weighted by molar-refractivity contribution is 0.589. The first-order valence-corrected chi connectivity index (χ1v) is 5.94. The van der Waals surface area contributed by atoms with Crippen LogP contribution in [0.5, 0.6) is 0 Å². The number of benzene rings is 1. The number of halogens is 2. The first-order chi connectivity index (χ1) is 5.82. The Bertz CT molecular complexity index is 305. The third-order valence-electron chi connectivity index (χ3n) is 1.95. The average molecular weight is 354 g/mol. The van der Waals surface area contributed by atoms with E-state index in [2.05, 4.69) is 71.4 Å². The molecule has 0 unspecified atom stereocenters. The Morgan fingerprint density at radius 1 is 1.31 bits per heavy atom. The summed E-state index contributed by atoms with van der Waals surface area (Å²) >= 11 is 5.72. The minimum Gasteiger partial charge on any atom is -0.397 e. The van der Waals surface area contributed by atoms with Crippen LogP contribution in [0.2, 0.25) is 0 Å². The lowest BCUT2D eigenvalue weighted by atomic mass is 9.87. The number of anilines is 1. The summed E-state index contributed by atoms with van der Waals surface area (Å²) < 4.78 is 2.10. The molecule has 1 aromatic rings. The van der Waals surface area contributed by atoms with Crippen LogP contribution < -0.4 is 5.73 Å². The van der Waals surface area contributed by atoms with E-state index in [-0.39, 0.29) is 5.41 Å². The van der Waals surface area contributed by atoms with Crippen LogP contribution >= 0.6 is 38.5 Å². The van der Waals surface area contributed by atoms with Gasteiger partial charge >= 0.3 is 0 Å². The highest BCUT2D eigenvalue weighted by Crippen LogP contribution is 2.32. The summed E-state index contributed by atoms with van der Waals surface area (Å²) in [5, 5.41) is 0. The Hall–Kier alpha value is 0.230. The predicted molar refractivity (Wildman–Crippen MR) is 70.0 cm³/mol. The molecule has 0 radical (unpaired) electrons. The standard InChI is InChI=1S/C10H13BrIN/c1-10(2,3)6-4-7(11)9(13)8(12)5-6/h4-5H,13H2,1-3H3. The highest BCUT2D eigenvalue weighted by atomic mass is 127. The zero-order valence-corrected chi connectivity index (χ0v) is 11.7. The van der Waals surface area contributed by atoms with Crippen molar-refractivity contribution in [1.29, 1.82) is 0 Å². The quantitative estimate of drug-likeness (QED) is 0.555. The van der Waals surface area contributed by atoms with Crippen molar-refractivity contribution >= 4 is 44.2 Å². The summed E-state index contributed by atoms with van der Waals surface area (Å²) in [5.74, 6) is 0. The van der Waals surface area contributed by atoms with Gasteiger partial charge in [-0.25, -0.2) is 0 Å². The van der Waals surface area contributed by atoms with Crippen molar-refractivity contribution in [3.05, 3.63) is 25.7 Å². The maximum absolute atomic E-state index is 5.84. The van der Waals surface area contributed by atoms with E-state index in [1.165, 1.54) is 5.56 Å². The van der Waals surface area contributed by atoms with Gasteiger partial charge in [0.05, 0.1) is 5.69 Å². The van der Waals surface area contributed by atoms with Gasteiger partial charge in [-0.15, -0.1) is 0 Å². The molecule has 13 heavy (non-hydrogen) atoms. The van der Waals surface area contributed by atoms with Crippen LogP contribution in [0.1, 0.15) is 26.3 Å². The Labute approximate surface area is 101 Å². The van der Waals surface area contributed by atoms with Crippen molar-refractivity contribution in [2.75, 3.05) is 5.73 Å². The van der Waals surface area contributed by atoms with Crippen molar-refractivity contribution in [3.63, 3.8) is 0 Å². The monoisotopic (exact) mass is 353 g/mol. The summed E-state index contributed by atoms with van der Waals surface area (Å²) in [6, 6.07) is 4.23. The van der Waals surface area contributed by atoms with E-state index in [4.69, 9.17) is 5.73 Å². The Morgan fingerprint density at radius 3 is 2.23 bits per heavy atom. The molecule has 0 saturated heterocycles. The maximum atomic E-state index is 5.84. The number of hydrogen-bond donors (Lipinski definition) is 1. The Morgan fingerprint density at radius 2 is 1.85 bits per heavy atom. The third kappa shape index (κ3) is 2.59. The molecule has 0 bridgehead atoms. The molecule has 1 nitrogen and oxygen atoms in total. The van der Waals surface area contributed by atoms with E-state index in [0.717, 1.165) is 13.7 Å². The molecular weight excluding hydrogens is 341 g/mol. The molecule has 0 fully saturated rings. The Kier molecular flexibility index (Phi) is 3.28. The highest BCUT2D eigenvalue weighted by molar-refractivity contribution is 14.1. The van der Waals surface area contributed by atoms with Crippen LogP contribution in [0.3, 0.4) is 0 Å². The van der Waals surface area contributed by atoms with Gasteiger partial charge in [-0.05, 0) is 61.6 Å². The molecule has 0 spiro atoms. The average Bonchev–Trinajstić information content (AvgIpc) is 1.97. The third-order valence-corrected chi connectivity index (χ3v) is 3.49. The largest absolute Gasteiger partial charge is 0.397 e. The van der Waals surface area contributed by atoms with Crippen LogP contribution in [-0.4, -0.2) is 0 Å². The van der Waals surface area contributed by atoms with Gasteiger partial charge in [0.1, 0.15) is 0 Å². The molecule has 0 aliphatic carbocycles. The van der Waals surface area contributed by atoms with Crippen molar-refractivity contribution in [3.8, 4) is 0 Å². The number of hydrogen-bond acceptors (Lipinski definition) is 1. The normalized spacial score (nSPS) is 11.8. The molecule has 72 valence electrons. The first-order valence-electron chi connectivity index (χ1n) is 4.07. The molecule has 0 saturated carbocycles. The van der Waals surface area contributed by atoms with Crippen molar-refractivity contribution in [2.24, 2.45) is 0 Å². The number of nitrogens with two attached hydrogens (primary N) is 1. The second kappa shape index (κ2) is 3.77. The number of rotatable bonds is 0. The topological polar surface area (TPSA) is 26.0 Å².